The van der Waals surface area contributed by atoms with Crippen molar-refractivity contribution in [2.45, 2.75) is 51.2 Å². The Balaban J connectivity index is 2.62. The minimum absolute atomic E-state index is 0.351. The predicted molar refractivity (Wildman–Crippen MR) is 74.9 cm³/mol. The van der Waals surface area contributed by atoms with E-state index in [4.69, 9.17) is 9.47 Å². The average Bonchev–Trinajstić information content (AvgIpc) is 2.18. The number of methoxy groups -OCH3 is 1. The van der Waals surface area contributed by atoms with E-state index in [0.717, 1.165) is 6.42 Å². The van der Waals surface area contributed by atoms with Crippen molar-refractivity contribution >= 4 is 15.2 Å². The van der Waals surface area contributed by atoms with Crippen molar-refractivity contribution in [2.75, 3.05) is 13.9 Å². The van der Waals surface area contributed by atoms with Crippen molar-refractivity contribution in [3.63, 3.8) is 0 Å². The molecule has 0 spiro atoms. The van der Waals surface area contributed by atoms with E-state index in [2.05, 4.69) is 32.8 Å². The minimum Gasteiger partial charge on any atom is -0.359 e. The lowest BCUT2D eigenvalue weighted by atomic mass is 10.2. The van der Waals surface area contributed by atoms with Gasteiger partial charge in [0.2, 0.25) is 0 Å². The zero-order valence-corrected chi connectivity index (χ0v) is 13.4. The molecule has 0 N–H and O–H groups in total. The topological polar surface area (TPSA) is 18.5 Å². The van der Waals surface area contributed by atoms with Crippen LogP contribution in [0.2, 0.25) is 32.2 Å². The first kappa shape index (κ1) is 14.2. The molecule has 16 heavy (non-hydrogen) atoms. The van der Waals surface area contributed by atoms with Gasteiger partial charge < -0.3 is 9.47 Å². The summed E-state index contributed by atoms with van der Waals surface area (Å²) in [6, 6.07) is 1.36. The van der Waals surface area contributed by atoms with Crippen LogP contribution in [0.1, 0.15) is 12.8 Å². The highest BCUT2D eigenvalue weighted by atomic mass is 29.3. The molecular weight excluding hydrogens is 232 g/mol. The molecule has 2 nitrogen and oxygen atoms in total. The molecule has 1 aliphatic rings. The highest BCUT2D eigenvalue weighted by Crippen LogP contribution is 2.38. The van der Waals surface area contributed by atoms with Gasteiger partial charge in [-0.25, -0.2) is 0 Å². The lowest BCUT2D eigenvalue weighted by Crippen LogP contribution is -2.58. The SMILES string of the molecule is C=C1C[C@@H](OCOC)CC[Si@]1(C)[Si](C)(C)C. The van der Waals surface area contributed by atoms with Gasteiger partial charge in [-0.05, 0) is 12.8 Å². The number of ether oxygens (including phenoxy) is 2. The third-order valence-corrected chi connectivity index (χ3v) is 22.4. The Morgan fingerprint density at radius 3 is 2.50 bits per heavy atom. The molecule has 0 aromatic rings. The monoisotopic (exact) mass is 258 g/mol. The molecule has 1 fully saturated rings. The summed E-state index contributed by atoms with van der Waals surface area (Å²) in [4.78, 5) is 0. The summed E-state index contributed by atoms with van der Waals surface area (Å²) in [5, 5.41) is 1.53. The van der Waals surface area contributed by atoms with Crippen molar-refractivity contribution in [1.29, 1.82) is 0 Å². The highest BCUT2D eigenvalue weighted by molar-refractivity contribution is 7.43. The van der Waals surface area contributed by atoms with E-state index in [1.807, 2.05) is 0 Å². The van der Waals surface area contributed by atoms with Gasteiger partial charge in [0.1, 0.15) is 6.79 Å². The van der Waals surface area contributed by atoms with Gasteiger partial charge in [0.15, 0.2) is 0 Å². The Kier molecular flexibility index (Phi) is 4.57. The maximum atomic E-state index is 5.66. The van der Waals surface area contributed by atoms with Crippen LogP contribution in [0.5, 0.6) is 0 Å². The summed E-state index contributed by atoms with van der Waals surface area (Å²) in [7, 11) is -0.572. The first-order valence-corrected chi connectivity index (χ1v) is 13.3. The largest absolute Gasteiger partial charge is 0.359 e. The van der Waals surface area contributed by atoms with E-state index < -0.39 is 15.2 Å². The van der Waals surface area contributed by atoms with E-state index >= 15 is 0 Å². The Bertz CT molecular complexity index is 260. The lowest BCUT2D eigenvalue weighted by molar-refractivity contribution is -0.0726. The normalized spacial score (nSPS) is 31.8. The second-order valence-electron chi connectivity index (χ2n) is 6.12. The van der Waals surface area contributed by atoms with Crippen LogP contribution >= 0.6 is 0 Å². The summed E-state index contributed by atoms with van der Waals surface area (Å²) in [5.74, 6) is 0. The first-order valence-electron chi connectivity index (χ1n) is 6.10. The van der Waals surface area contributed by atoms with Gasteiger partial charge in [0.05, 0.1) is 13.7 Å². The van der Waals surface area contributed by atoms with Crippen LogP contribution < -0.4 is 0 Å². The maximum Gasteiger partial charge on any atom is 0.146 e. The summed E-state index contributed by atoms with van der Waals surface area (Å²) in [5.41, 5.74) is 0. The highest BCUT2D eigenvalue weighted by Gasteiger charge is 2.46. The van der Waals surface area contributed by atoms with Gasteiger partial charge in [-0.1, -0.05) is 37.4 Å². The van der Waals surface area contributed by atoms with Gasteiger partial charge in [-0.15, -0.1) is 6.58 Å². The van der Waals surface area contributed by atoms with Crippen molar-refractivity contribution in [3.8, 4) is 0 Å². The molecule has 0 aliphatic carbocycles. The van der Waals surface area contributed by atoms with E-state index in [1.165, 1.54) is 17.7 Å². The predicted octanol–water partition coefficient (Wildman–Crippen LogP) is 3.36. The fraction of sp³-hybridized carbons (Fsp3) is 0.833. The molecule has 0 unspecified atom stereocenters. The van der Waals surface area contributed by atoms with Crippen molar-refractivity contribution in [3.05, 3.63) is 11.8 Å². The van der Waals surface area contributed by atoms with Crippen LogP contribution in [0.3, 0.4) is 0 Å². The van der Waals surface area contributed by atoms with Crippen LogP contribution in [0.4, 0.5) is 0 Å². The number of hydrogen-bond acceptors (Lipinski definition) is 2. The molecule has 0 aromatic heterocycles. The molecule has 2 atom stereocenters. The summed E-state index contributed by atoms with van der Waals surface area (Å²) in [6.07, 6.45) is 2.62. The first-order chi connectivity index (χ1) is 7.31. The van der Waals surface area contributed by atoms with Crippen LogP contribution in [-0.4, -0.2) is 35.2 Å². The van der Waals surface area contributed by atoms with Crippen LogP contribution in [0, 0.1) is 0 Å². The quantitative estimate of drug-likeness (QED) is 0.569. The van der Waals surface area contributed by atoms with Gasteiger partial charge in [0.25, 0.3) is 0 Å². The minimum atomic E-state index is -1.20. The number of hydrogen-bond donors (Lipinski definition) is 0. The van der Waals surface area contributed by atoms with Gasteiger partial charge in [-0.3, -0.25) is 0 Å². The molecule has 94 valence electrons. The summed E-state index contributed by atoms with van der Waals surface area (Å²) >= 11 is 0. The molecule has 0 saturated carbocycles. The van der Waals surface area contributed by atoms with Gasteiger partial charge >= 0.3 is 0 Å². The average molecular weight is 259 g/mol. The Morgan fingerprint density at radius 1 is 1.44 bits per heavy atom. The second kappa shape index (κ2) is 5.16. The van der Waals surface area contributed by atoms with Crippen molar-refractivity contribution in [2.24, 2.45) is 0 Å². The third kappa shape index (κ3) is 2.85. The maximum absolute atomic E-state index is 5.66. The molecule has 0 amide bonds. The molecule has 0 bridgehead atoms. The fourth-order valence-corrected chi connectivity index (χ4v) is 12.4. The van der Waals surface area contributed by atoms with E-state index in [9.17, 15) is 0 Å². The van der Waals surface area contributed by atoms with Crippen molar-refractivity contribution < 1.29 is 9.47 Å². The zero-order valence-electron chi connectivity index (χ0n) is 11.4. The van der Waals surface area contributed by atoms with Crippen molar-refractivity contribution in [1.82, 2.24) is 0 Å². The standard InChI is InChI=1S/C12H26O2Si2/c1-11-9-12(14-10-13-2)7-8-16(11,6)15(3,4)5/h12H,1,7-10H2,2-6H3/t12-,16-/m0/s1. The molecular formula is C12H26O2Si2. The van der Waals surface area contributed by atoms with E-state index in [1.54, 1.807) is 7.11 Å². The Hall–Kier alpha value is 0.0938. The van der Waals surface area contributed by atoms with E-state index in [0.29, 0.717) is 12.9 Å². The second-order valence-corrected chi connectivity index (χ2v) is 22.3. The number of rotatable bonds is 4. The fourth-order valence-electron chi connectivity index (χ4n) is 2.44. The Labute approximate surface area is 102 Å². The molecule has 0 radical (unpaired) electrons. The summed E-state index contributed by atoms with van der Waals surface area (Å²) in [6.45, 7) is 14.8. The molecule has 1 heterocycles. The third-order valence-electron chi connectivity index (χ3n) is 4.30. The van der Waals surface area contributed by atoms with Gasteiger partial charge in [-0.2, -0.15) is 0 Å². The van der Waals surface area contributed by atoms with Gasteiger partial charge in [0, 0.05) is 14.7 Å². The Morgan fingerprint density at radius 2 is 2.06 bits per heavy atom. The molecule has 1 rings (SSSR count). The lowest BCUT2D eigenvalue weighted by Gasteiger charge is -2.45. The smallest absolute Gasteiger partial charge is 0.146 e. The molecule has 1 aliphatic heterocycles. The zero-order chi connectivity index (χ0) is 12.4. The van der Waals surface area contributed by atoms with Crippen LogP contribution in [0.15, 0.2) is 11.8 Å². The van der Waals surface area contributed by atoms with Crippen LogP contribution in [0.25, 0.3) is 0 Å². The molecule has 0 aromatic carbocycles. The molecule has 4 heteroatoms. The molecule has 1 saturated heterocycles. The van der Waals surface area contributed by atoms with Crippen LogP contribution in [-0.2, 0) is 9.47 Å². The van der Waals surface area contributed by atoms with E-state index in [-0.39, 0.29) is 0 Å². The summed E-state index contributed by atoms with van der Waals surface area (Å²) < 4.78 is 10.6.